The van der Waals surface area contributed by atoms with Crippen LogP contribution >= 0.6 is 0 Å². The molecule has 0 saturated carbocycles. The molecule has 0 fully saturated rings. The number of allylic oxidation sites excluding steroid dienone is 2. The predicted molar refractivity (Wildman–Crippen MR) is 99.3 cm³/mol. The molecule has 0 atom stereocenters. The van der Waals surface area contributed by atoms with Crippen LogP contribution in [0, 0.1) is 0 Å². The van der Waals surface area contributed by atoms with Crippen LogP contribution in [-0.4, -0.2) is 52.1 Å². The molecule has 10 heteroatoms. The number of amides is 1. The van der Waals surface area contributed by atoms with Crippen LogP contribution in [-0.2, 0) is 21.4 Å². The summed E-state index contributed by atoms with van der Waals surface area (Å²) in [5, 5.41) is 6.82. The van der Waals surface area contributed by atoms with E-state index in [1.165, 1.54) is 12.4 Å². The first-order valence-electron chi connectivity index (χ1n) is 8.23. The van der Waals surface area contributed by atoms with Gasteiger partial charge in [0.2, 0.25) is 5.95 Å². The van der Waals surface area contributed by atoms with Gasteiger partial charge < -0.3 is 4.90 Å². The van der Waals surface area contributed by atoms with E-state index in [2.05, 4.69) is 19.8 Å². The van der Waals surface area contributed by atoms with Gasteiger partial charge in [0.25, 0.3) is 15.9 Å². The molecule has 0 aliphatic carbocycles. The van der Waals surface area contributed by atoms with Gasteiger partial charge in [-0.1, -0.05) is 30.3 Å². The molecule has 4 rings (SSSR count). The summed E-state index contributed by atoms with van der Waals surface area (Å²) >= 11 is 0. The first-order valence-corrected chi connectivity index (χ1v) is 9.84. The maximum atomic E-state index is 12.6. The van der Waals surface area contributed by atoms with Crippen molar-refractivity contribution in [3.63, 3.8) is 0 Å². The second kappa shape index (κ2) is 6.80. The molecule has 9 nitrogen and oxygen atoms in total. The smallest absolute Gasteiger partial charge is 0.261 e. The van der Waals surface area contributed by atoms with Crippen molar-refractivity contribution in [1.82, 2.24) is 19.7 Å². The molecule has 0 unspecified atom stereocenters. The van der Waals surface area contributed by atoms with Gasteiger partial charge in [0.05, 0.1) is 17.9 Å². The molecule has 0 bridgehead atoms. The number of aromatic nitrogens is 3. The lowest BCUT2D eigenvalue weighted by Gasteiger charge is -2.28. The van der Waals surface area contributed by atoms with E-state index in [1.807, 2.05) is 30.3 Å². The normalized spacial score (nSPS) is 17.7. The fourth-order valence-electron chi connectivity index (χ4n) is 2.76. The molecular formula is C17H16N6O3S. The summed E-state index contributed by atoms with van der Waals surface area (Å²) in [5.74, 6) is -0.346. The van der Waals surface area contributed by atoms with Crippen molar-refractivity contribution in [3.05, 3.63) is 66.1 Å². The number of amidine groups is 1. The molecule has 2 aliphatic rings. The lowest BCUT2D eigenvalue weighted by atomic mass is 10.1. The number of hydrogen-bond donors (Lipinski definition) is 1. The molecule has 0 radical (unpaired) electrons. The van der Waals surface area contributed by atoms with Crippen molar-refractivity contribution in [2.24, 2.45) is 4.40 Å². The lowest BCUT2D eigenvalue weighted by molar-refractivity contribution is -0.112. The van der Waals surface area contributed by atoms with Crippen molar-refractivity contribution < 1.29 is 13.2 Å². The molecule has 0 spiro atoms. The maximum absolute atomic E-state index is 12.6. The molecule has 2 aromatic rings. The zero-order chi connectivity index (χ0) is 18.9. The third-order valence-corrected chi connectivity index (χ3v) is 5.20. The van der Waals surface area contributed by atoms with E-state index in [0.717, 1.165) is 5.56 Å². The first kappa shape index (κ1) is 17.2. The van der Waals surface area contributed by atoms with Crippen LogP contribution in [0.3, 0.4) is 0 Å². The van der Waals surface area contributed by atoms with E-state index >= 15 is 0 Å². The lowest BCUT2D eigenvalue weighted by Crippen LogP contribution is -2.41. The molecule has 1 aromatic heterocycles. The molecule has 2 aliphatic heterocycles. The number of hydrogen-bond acceptors (Lipinski definition) is 6. The van der Waals surface area contributed by atoms with Gasteiger partial charge in [-0.05, 0) is 17.7 Å². The topological polar surface area (TPSA) is 110 Å². The highest BCUT2D eigenvalue weighted by atomic mass is 32.2. The molecule has 138 valence electrons. The summed E-state index contributed by atoms with van der Waals surface area (Å²) in [7, 11) is -3.57. The number of fused-ring (bicyclic) bond motifs is 1. The first-order chi connectivity index (χ1) is 13.0. The van der Waals surface area contributed by atoms with Crippen molar-refractivity contribution in [2.75, 3.05) is 17.6 Å². The number of nitrogens with zero attached hydrogens (tertiary/aromatic N) is 5. The predicted octanol–water partition coefficient (Wildman–Crippen LogP) is 0.762. The van der Waals surface area contributed by atoms with Crippen LogP contribution in [0.15, 0.2) is 65.0 Å². The van der Waals surface area contributed by atoms with Gasteiger partial charge in [-0.25, -0.2) is 18.1 Å². The van der Waals surface area contributed by atoms with E-state index in [4.69, 9.17) is 0 Å². The van der Waals surface area contributed by atoms with Crippen molar-refractivity contribution in [2.45, 2.75) is 6.54 Å². The summed E-state index contributed by atoms with van der Waals surface area (Å²) in [6.07, 6.45) is 6.41. The second-order valence-electron chi connectivity index (χ2n) is 6.02. The molecule has 3 heterocycles. The Hall–Kier alpha value is -3.27. The average Bonchev–Trinajstić information content (AvgIpc) is 3.08. The highest BCUT2D eigenvalue weighted by Crippen LogP contribution is 2.18. The molecule has 1 aromatic carbocycles. The summed E-state index contributed by atoms with van der Waals surface area (Å²) < 4.78 is 28.9. The number of sulfonamides is 1. The Kier molecular flexibility index (Phi) is 4.32. The van der Waals surface area contributed by atoms with Crippen LogP contribution < -0.4 is 5.32 Å². The minimum absolute atomic E-state index is 0.0822. The van der Waals surface area contributed by atoms with Gasteiger partial charge in [0.1, 0.15) is 6.33 Å². The van der Waals surface area contributed by atoms with Gasteiger partial charge in [-0.3, -0.25) is 10.1 Å². The van der Waals surface area contributed by atoms with Gasteiger partial charge >= 0.3 is 0 Å². The van der Waals surface area contributed by atoms with Crippen LogP contribution in [0.5, 0.6) is 0 Å². The quantitative estimate of drug-likeness (QED) is 0.834. The summed E-state index contributed by atoms with van der Waals surface area (Å²) in [4.78, 5) is 18.3. The Bertz CT molecular complexity index is 1070. The van der Waals surface area contributed by atoms with Crippen molar-refractivity contribution in [1.29, 1.82) is 0 Å². The fourth-order valence-corrected chi connectivity index (χ4v) is 3.75. The van der Waals surface area contributed by atoms with E-state index in [9.17, 15) is 13.2 Å². The maximum Gasteiger partial charge on any atom is 0.261 e. The van der Waals surface area contributed by atoms with E-state index in [0.29, 0.717) is 6.54 Å². The van der Waals surface area contributed by atoms with Crippen LogP contribution in [0.2, 0.25) is 0 Å². The van der Waals surface area contributed by atoms with Crippen LogP contribution in [0.4, 0.5) is 5.95 Å². The SMILES string of the molecule is O=C(Nc1ncn(Cc2ccccc2)n1)C1=CC=CN2CCS(=O)(=O)N=C12. The van der Waals surface area contributed by atoms with E-state index in [-0.39, 0.29) is 29.7 Å². The van der Waals surface area contributed by atoms with Gasteiger partial charge in [-0.15, -0.1) is 9.50 Å². The summed E-state index contributed by atoms with van der Waals surface area (Å²) in [6, 6.07) is 9.73. The van der Waals surface area contributed by atoms with Gasteiger partial charge in [-0.2, -0.15) is 0 Å². The Morgan fingerprint density at radius 3 is 2.85 bits per heavy atom. The Morgan fingerprint density at radius 1 is 1.22 bits per heavy atom. The molecule has 1 N–H and O–H groups in total. The number of rotatable bonds is 4. The van der Waals surface area contributed by atoms with Crippen LogP contribution in [0.1, 0.15) is 5.56 Å². The highest BCUT2D eigenvalue weighted by molar-refractivity contribution is 7.90. The fraction of sp³-hybridized carbons (Fsp3) is 0.176. The zero-order valence-electron chi connectivity index (χ0n) is 14.2. The third-order valence-electron chi connectivity index (χ3n) is 4.05. The van der Waals surface area contributed by atoms with Crippen LogP contribution in [0.25, 0.3) is 0 Å². The number of benzene rings is 1. The minimum atomic E-state index is -3.57. The number of carbonyl (C=O) groups is 1. The van der Waals surface area contributed by atoms with Crippen molar-refractivity contribution >= 4 is 27.7 Å². The summed E-state index contributed by atoms with van der Waals surface area (Å²) in [6.45, 7) is 0.778. The Labute approximate surface area is 155 Å². The zero-order valence-corrected chi connectivity index (χ0v) is 15.0. The number of anilines is 1. The number of carbonyl (C=O) groups excluding carboxylic acids is 1. The number of nitrogens with one attached hydrogen (secondary N) is 1. The third kappa shape index (κ3) is 3.80. The highest BCUT2D eigenvalue weighted by Gasteiger charge is 2.30. The minimum Gasteiger partial charge on any atom is -0.331 e. The largest absolute Gasteiger partial charge is 0.331 e. The molecular weight excluding hydrogens is 368 g/mol. The average molecular weight is 384 g/mol. The Balaban J connectivity index is 1.50. The molecule has 1 amide bonds. The van der Waals surface area contributed by atoms with Crippen molar-refractivity contribution in [3.8, 4) is 0 Å². The van der Waals surface area contributed by atoms with E-state index < -0.39 is 15.9 Å². The van der Waals surface area contributed by atoms with Gasteiger partial charge in [0.15, 0.2) is 5.84 Å². The Morgan fingerprint density at radius 2 is 2.04 bits per heavy atom. The molecule has 27 heavy (non-hydrogen) atoms. The monoisotopic (exact) mass is 384 g/mol. The van der Waals surface area contributed by atoms with E-state index in [1.54, 1.807) is 21.9 Å². The van der Waals surface area contributed by atoms with Gasteiger partial charge in [0, 0.05) is 12.7 Å². The second-order valence-corrected chi connectivity index (χ2v) is 7.78. The molecule has 0 saturated heterocycles. The summed E-state index contributed by atoms with van der Waals surface area (Å²) in [5.41, 5.74) is 1.21. The standard InChI is InChI=1S/C17H16N6O3S/c24-16(14-7-4-8-22-9-10-27(25,26)21-15(14)22)19-17-18-12-23(20-17)11-13-5-2-1-3-6-13/h1-8,12H,9-11H2,(H,19,20,24).